The van der Waals surface area contributed by atoms with E-state index in [0.29, 0.717) is 18.1 Å². The number of carbonyl (C=O) groups excluding carboxylic acids is 1. The third kappa shape index (κ3) is 4.42. The fourth-order valence-corrected chi connectivity index (χ4v) is 3.64. The van der Waals surface area contributed by atoms with Crippen LogP contribution in [0.5, 0.6) is 11.6 Å². The van der Waals surface area contributed by atoms with Gasteiger partial charge in [0.2, 0.25) is 5.88 Å². The summed E-state index contributed by atoms with van der Waals surface area (Å²) < 4.78 is 12.8. The van der Waals surface area contributed by atoms with Gasteiger partial charge in [0.05, 0.1) is 18.2 Å². The van der Waals surface area contributed by atoms with Crippen molar-refractivity contribution in [2.75, 3.05) is 7.11 Å². The number of methoxy groups -OCH3 is 1. The Morgan fingerprint density at radius 2 is 1.84 bits per heavy atom. The summed E-state index contributed by atoms with van der Waals surface area (Å²) in [5.74, 6) is 0.939. The third-order valence-corrected chi connectivity index (χ3v) is 5.32. The first-order valence-electron chi connectivity index (χ1n) is 10.4. The van der Waals surface area contributed by atoms with Crippen molar-refractivity contribution in [3.8, 4) is 22.8 Å². The zero-order valence-electron chi connectivity index (χ0n) is 18.6. The molecule has 4 rings (SSSR count). The molecule has 0 spiro atoms. The summed E-state index contributed by atoms with van der Waals surface area (Å²) >= 11 is 0. The Balaban J connectivity index is 1.54. The van der Waals surface area contributed by atoms with Crippen LogP contribution in [0.4, 0.5) is 0 Å². The van der Waals surface area contributed by atoms with Crippen molar-refractivity contribution >= 4 is 16.9 Å². The van der Waals surface area contributed by atoms with Crippen molar-refractivity contribution in [3.05, 3.63) is 71.9 Å². The van der Waals surface area contributed by atoms with Crippen LogP contribution in [0, 0.1) is 6.92 Å². The van der Waals surface area contributed by atoms with Crippen LogP contribution in [0.15, 0.2) is 60.7 Å². The van der Waals surface area contributed by atoms with Crippen LogP contribution in [0.1, 0.15) is 18.2 Å². The van der Waals surface area contributed by atoms with Gasteiger partial charge >= 0.3 is 0 Å². The molecule has 1 N–H and O–H groups in total. The van der Waals surface area contributed by atoms with Crippen molar-refractivity contribution in [2.24, 2.45) is 7.05 Å². The first-order chi connectivity index (χ1) is 15.5. The average Bonchev–Trinajstić information content (AvgIpc) is 3.11. The molecule has 0 unspecified atom stereocenters. The fraction of sp³-hybridized carbons (Fsp3) is 0.240. The molecule has 0 aliphatic rings. The molecule has 0 saturated heterocycles. The number of pyridine rings is 1. The molecular formula is C25H26N4O3. The van der Waals surface area contributed by atoms with Gasteiger partial charge in [-0.3, -0.25) is 9.48 Å². The molecular weight excluding hydrogens is 404 g/mol. The summed E-state index contributed by atoms with van der Waals surface area (Å²) in [6, 6.07) is 19.5. The topological polar surface area (TPSA) is 78.3 Å². The van der Waals surface area contributed by atoms with Crippen molar-refractivity contribution < 1.29 is 14.3 Å². The number of hydrogen-bond donors (Lipinski definition) is 1. The molecule has 0 aliphatic carbocycles. The number of aromatic nitrogens is 3. The van der Waals surface area contributed by atoms with Gasteiger partial charge in [0.15, 0.2) is 11.8 Å². The molecule has 2 heterocycles. The number of ether oxygens (including phenoxy) is 2. The number of fused-ring (bicyclic) bond motifs is 1. The lowest BCUT2D eigenvalue weighted by Gasteiger charge is -2.15. The molecule has 0 radical (unpaired) electrons. The molecule has 2 aromatic carbocycles. The lowest BCUT2D eigenvalue weighted by atomic mass is 10.0. The second kappa shape index (κ2) is 9.09. The van der Waals surface area contributed by atoms with E-state index >= 15 is 0 Å². The number of nitrogens with one attached hydrogen (secondary N) is 1. The van der Waals surface area contributed by atoms with E-state index in [4.69, 9.17) is 9.47 Å². The number of rotatable bonds is 7. The quantitative estimate of drug-likeness (QED) is 0.479. The highest BCUT2D eigenvalue weighted by Crippen LogP contribution is 2.33. The number of nitrogens with zero attached hydrogens (tertiary/aromatic N) is 3. The molecule has 0 fully saturated rings. The zero-order valence-corrected chi connectivity index (χ0v) is 18.6. The van der Waals surface area contributed by atoms with Crippen molar-refractivity contribution in [1.82, 2.24) is 20.1 Å². The molecule has 1 amide bonds. The van der Waals surface area contributed by atoms with E-state index < -0.39 is 6.10 Å². The van der Waals surface area contributed by atoms with Crippen LogP contribution < -0.4 is 14.8 Å². The maximum Gasteiger partial charge on any atom is 0.261 e. The summed E-state index contributed by atoms with van der Waals surface area (Å²) in [6.07, 6.45) is -0.712. The van der Waals surface area contributed by atoms with Gasteiger partial charge in [-0.2, -0.15) is 10.1 Å². The second-order valence-electron chi connectivity index (χ2n) is 7.61. The minimum Gasteiger partial charge on any atom is -0.497 e. The van der Waals surface area contributed by atoms with Crippen LogP contribution in [0.25, 0.3) is 22.2 Å². The Morgan fingerprint density at radius 3 is 2.53 bits per heavy atom. The van der Waals surface area contributed by atoms with E-state index in [0.717, 1.165) is 33.5 Å². The van der Waals surface area contributed by atoms with Crippen molar-refractivity contribution in [2.45, 2.75) is 26.5 Å². The molecule has 32 heavy (non-hydrogen) atoms. The minimum absolute atomic E-state index is 0.217. The largest absolute Gasteiger partial charge is 0.497 e. The molecule has 0 aliphatic heterocycles. The number of benzene rings is 2. The van der Waals surface area contributed by atoms with Gasteiger partial charge in [0.25, 0.3) is 5.91 Å². The van der Waals surface area contributed by atoms with Crippen molar-refractivity contribution in [1.29, 1.82) is 0 Å². The van der Waals surface area contributed by atoms with Crippen LogP contribution in [0.2, 0.25) is 0 Å². The molecule has 2 aromatic heterocycles. The highest BCUT2D eigenvalue weighted by molar-refractivity contribution is 5.95. The van der Waals surface area contributed by atoms with Crippen LogP contribution in [-0.4, -0.2) is 33.9 Å². The molecule has 1 atom stereocenters. The molecule has 0 bridgehead atoms. The van der Waals surface area contributed by atoms with Gasteiger partial charge in [0.1, 0.15) is 5.75 Å². The Labute approximate surface area is 187 Å². The van der Waals surface area contributed by atoms with E-state index in [2.05, 4.69) is 15.4 Å². The Morgan fingerprint density at radius 1 is 1.12 bits per heavy atom. The predicted molar refractivity (Wildman–Crippen MR) is 124 cm³/mol. The number of carbonyl (C=O) groups is 1. The Bertz CT molecular complexity index is 1230. The highest BCUT2D eigenvalue weighted by atomic mass is 16.5. The SMILES string of the molecule is COc1ccc(CNC(=O)[C@H](C)Oc2cc(-c3ccccc3)c3c(C)nn(C)c3n2)cc1. The van der Waals surface area contributed by atoms with Gasteiger partial charge in [-0.1, -0.05) is 42.5 Å². The molecule has 4 aromatic rings. The summed E-state index contributed by atoms with van der Waals surface area (Å²) in [4.78, 5) is 17.3. The minimum atomic E-state index is -0.712. The van der Waals surface area contributed by atoms with E-state index in [1.54, 1.807) is 18.7 Å². The first-order valence-corrected chi connectivity index (χ1v) is 10.4. The van der Waals surface area contributed by atoms with Gasteiger partial charge in [-0.25, -0.2) is 0 Å². The van der Waals surface area contributed by atoms with Crippen LogP contribution >= 0.6 is 0 Å². The second-order valence-corrected chi connectivity index (χ2v) is 7.61. The smallest absolute Gasteiger partial charge is 0.261 e. The lowest BCUT2D eigenvalue weighted by molar-refractivity contribution is -0.127. The van der Waals surface area contributed by atoms with E-state index in [1.165, 1.54) is 0 Å². The van der Waals surface area contributed by atoms with Crippen LogP contribution in [-0.2, 0) is 18.4 Å². The first kappa shape index (κ1) is 21.4. The number of amides is 1. The van der Waals surface area contributed by atoms with Crippen molar-refractivity contribution in [3.63, 3.8) is 0 Å². The monoisotopic (exact) mass is 430 g/mol. The molecule has 7 heteroatoms. The standard InChI is InChI=1S/C25H26N4O3/c1-16-23-21(19-8-6-5-7-9-19)14-22(27-24(23)29(3)28-16)32-17(2)25(30)26-15-18-10-12-20(31-4)13-11-18/h5-14,17H,15H2,1-4H3,(H,26,30)/t17-/m0/s1. The van der Waals surface area contributed by atoms with E-state index in [9.17, 15) is 4.79 Å². The molecule has 7 nitrogen and oxygen atoms in total. The van der Waals surface area contributed by atoms with E-state index in [1.807, 2.05) is 74.6 Å². The Hall–Kier alpha value is -3.87. The summed E-state index contributed by atoms with van der Waals surface area (Å²) in [5.41, 5.74) is 4.59. The summed E-state index contributed by atoms with van der Waals surface area (Å²) in [5, 5.41) is 8.40. The average molecular weight is 431 g/mol. The number of aryl methyl sites for hydroxylation is 2. The fourth-order valence-electron chi connectivity index (χ4n) is 3.64. The molecule has 164 valence electrons. The summed E-state index contributed by atoms with van der Waals surface area (Å²) in [6.45, 7) is 4.08. The number of hydrogen-bond acceptors (Lipinski definition) is 5. The Kier molecular flexibility index (Phi) is 6.07. The maximum absolute atomic E-state index is 12.6. The maximum atomic E-state index is 12.6. The predicted octanol–water partition coefficient (Wildman–Crippen LogP) is 4.04. The zero-order chi connectivity index (χ0) is 22.7. The summed E-state index contributed by atoms with van der Waals surface area (Å²) in [7, 11) is 3.48. The third-order valence-electron chi connectivity index (χ3n) is 5.32. The molecule has 0 saturated carbocycles. The van der Waals surface area contributed by atoms with Crippen LogP contribution in [0.3, 0.4) is 0 Å². The van der Waals surface area contributed by atoms with Gasteiger partial charge in [-0.15, -0.1) is 0 Å². The van der Waals surface area contributed by atoms with E-state index in [-0.39, 0.29) is 5.91 Å². The van der Waals surface area contributed by atoms with Gasteiger partial charge in [-0.05, 0) is 42.7 Å². The highest BCUT2D eigenvalue weighted by Gasteiger charge is 2.19. The normalized spacial score (nSPS) is 11.9. The van der Waals surface area contributed by atoms with Gasteiger partial charge in [0, 0.05) is 19.7 Å². The lowest BCUT2D eigenvalue weighted by Crippen LogP contribution is -2.36. The van der Waals surface area contributed by atoms with Gasteiger partial charge < -0.3 is 14.8 Å².